The van der Waals surface area contributed by atoms with Crippen molar-refractivity contribution in [3.05, 3.63) is 258 Å². The van der Waals surface area contributed by atoms with Crippen LogP contribution in [0.2, 0.25) is 0 Å². The zero-order valence-electron chi connectivity index (χ0n) is 35.7. The normalized spacial score (nSPS) is 14.0. The fraction of sp³-hybridized carbons (Fsp3) is 0.0645. The van der Waals surface area contributed by atoms with E-state index in [0.717, 1.165) is 50.1 Å². The summed E-state index contributed by atoms with van der Waals surface area (Å²) in [6, 6.07) is 82.8. The zero-order valence-corrected chi connectivity index (χ0v) is 35.7. The van der Waals surface area contributed by atoms with Crippen molar-refractivity contribution in [2.24, 2.45) is 0 Å². The van der Waals surface area contributed by atoms with E-state index >= 15 is 0 Å². The van der Waals surface area contributed by atoms with Gasteiger partial charge in [-0.2, -0.15) is 0 Å². The van der Waals surface area contributed by atoms with Crippen molar-refractivity contribution in [1.29, 1.82) is 0 Å². The maximum atomic E-state index is 6.97. The molecular formula is C62H43NO. The Morgan fingerprint density at radius 2 is 0.906 bits per heavy atom. The molecule has 0 atom stereocenters. The van der Waals surface area contributed by atoms with Gasteiger partial charge < -0.3 is 9.32 Å². The minimum Gasteiger partial charge on any atom is -0.456 e. The van der Waals surface area contributed by atoms with Crippen LogP contribution in [0.3, 0.4) is 0 Å². The zero-order chi connectivity index (χ0) is 42.6. The number of hydrogen-bond acceptors (Lipinski definition) is 2. The summed E-state index contributed by atoms with van der Waals surface area (Å²) in [5.74, 6) is 0. The highest BCUT2D eigenvalue weighted by molar-refractivity contribution is 6.23. The number of anilines is 3. The smallest absolute Gasteiger partial charge is 0.138 e. The number of nitrogens with zero attached hydrogens (tertiary/aromatic N) is 1. The van der Waals surface area contributed by atoms with Crippen LogP contribution in [0.5, 0.6) is 0 Å². The molecule has 1 heterocycles. The molecule has 0 bridgehead atoms. The van der Waals surface area contributed by atoms with Gasteiger partial charge in [0.05, 0.1) is 11.1 Å². The highest BCUT2D eigenvalue weighted by atomic mass is 16.3. The quantitative estimate of drug-likeness (QED) is 0.166. The first-order valence-electron chi connectivity index (χ1n) is 22.3. The summed E-state index contributed by atoms with van der Waals surface area (Å²) in [5, 5.41) is 4.66. The standard InChI is InChI=1S/C62H43NO/c1-61(2)53-28-16-14-26-48(53)50-33-31-44(37-55(50)61)63(46-36-52(40-18-6-3-7-19-40)60-58(39-46)64-57-35-30-41-20-12-13-25-47(41)59(57)60)45-32-34-51-49-27-15-17-29-54(49)62(56(51)38-45,42-21-8-4-9-22-42)43-23-10-5-11-24-43/h3-39H,1-2H3. The maximum absolute atomic E-state index is 6.97. The molecule has 0 N–H and O–H groups in total. The Balaban J connectivity index is 1.12. The molecule has 13 rings (SSSR count). The molecule has 2 heteroatoms. The Bertz CT molecular complexity index is 3600. The molecule has 64 heavy (non-hydrogen) atoms. The van der Waals surface area contributed by atoms with E-state index in [0.29, 0.717) is 0 Å². The number of benzene rings is 10. The summed E-state index contributed by atoms with van der Waals surface area (Å²) in [6.45, 7) is 4.73. The second kappa shape index (κ2) is 13.8. The van der Waals surface area contributed by atoms with Crippen molar-refractivity contribution in [2.75, 3.05) is 4.90 Å². The van der Waals surface area contributed by atoms with Crippen molar-refractivity contribution in [2.45, 2.75) is 24.7 Å². The molecule has 0 saturated heterocycles. The molecule has 0 unspecified atom stereocenters. The van der Waals surface area contributed by atoms with Crippen molar-refractivity contribution in [1.82, 2.24) is 0 Å². The lowest BCUT2D eigenvalue weighted by atomic mass is 9.67. The van der Waals surface area contributed by atoms with Gasteiger partial charge in [0, 0.05) is 33.6 Å². The average molecular weight is 818 g/mol. The molecule has 0 amide bonds. The fourth-order valence-corrected chi connectivity index (χ4v) is 11.5. The Labute approximate surface area is 373 Å². The average Bonchev–Trinajstić information content (AvgIpc) is 3.96. The van der Waals surface area contributed by atoms with Crippen LogP contribution in [-0.4, -0.2) is 0 Å². The van der Waals surface area contributed by atoms with Gasteiger partial charge in [0.2, 0.25) is 0 Å². The van der Waals surface area contributed by atoms with Crippen LogP contribution < -0.4 is 4.90 Å². The van der Waals surface area contributed by atoms with Gasteiger partial charge in [0.15, 0.2) is 0 Å². The van der Waals surface area contributed by atoms with E-state index < -0.39 is 5.41 Å². The van der Waals surface area contributed by atoms with Gasteiger partial charge in [-0.1, -0.05) is 196 Å². The molecule has 10 aromatic carbocycles. The van der Waals surface area contributed by atoms with Crippen LogP contribution in [-0.2, 0) is 10.8 Å². The second-order valence-electron chi connectivity index (χ2n) is 18.0. The Kier molecular flexibility index (Phi) is 7.90. The molecule has 0 fully saturated rings. The van der Waals surface area contributed by atoms with Crippen molar-refractivity contribution in [3.8, 4) is 33.4 Å². The summed E-state index contributed by atoms with van der Waals surface area (Å²) in [6.07, 6.45) is 0. The van der Waals surface area contributed by atoms with E-state index in [-0.39, 0.29) is 5.41 Å². The summed E-state index contributed by atoms with van der Waals surface area (Å²) < 4.78 is 6.97. The third kappa shape index (κ3) is 5.14. The van der Waals surface area contributed by atoms with E-state index in [4.69, 9.17) is 4.42 Å². The van der Waals surface area contributed by atoms with Gasteiger partial charge in [-0.3, -0.25) is 0 Å². The molecule has 2 aliphatic rings. The molecule has 11 aromatic rings. The van der Waals surface area contributed by atoms with Crippen molar-refractivity contribution >= 4 is 49.8 Å². The Morgan fingerprint density at radius 3 is 1.61 bits per heavy atom. The van der Waals surface area contributed by atoms with Crippen molar-refractivity contribution in [3.63, 3.8) is 0 Å². The first-order chi connectivity index (χ1) is 31.5. The highest BCUT2D eigenvalue weighted by Crippen LogP contribution is 2.58. The molecule has 0 aliphatic heterocycles. The summed E-state index contributed by atoms with van der Waals surface area (Å²) in [4.78, 5) is 2.47. The van der Waals surface area contributed by atoms with Gasteiger partial charge in [-0.15, -0.1) is 0 Å². The van der Waals surface area contributed by atoms with Crippen LogP contribution >= 0.6 is 0 Å². The number of hydrogen-bond donors (Lipinski definition) is 0. The minimum atomic E-state index is -0.545. The lowest BCUT2D eigenvalue weighted by molar-refractivity contribution is 0.660. The third-order valence-electron chi connectivity index (χ3n) is 14.3. The minimum absolute atomic E-state index is 0.179. The van der Waals surface area contributed by atoms with Crippen LogP contribution in [0.25, 0.3) is 66.1 Å². The third-order valence-corrected chi connectivity index (χ3v) is 14.3. The Morgan fingerprint density at radius 1 is 0.359 bits per heavy atom. The summed E-state index contributed by atoms with van der Waals surface area (Å²) in [5.41, 5.74) is 19.4. The maximum Gasteiger partial charge on any atom is 0.138 e. The molecule has 1 aromatic heterocycles. The molecular weight excluding hydrogens is 775 g/mol. The number of furan rings is 1. The fourth-order valence-electron chi connectivity index (χ4n) is 11.5. The molecule has 0 saturated carbocycles. The van der Waals surface area contributed by atoms with E-state index in [1.54, 1.807) is 0 Å². The van der Waals surface area contributed by atoms with Crippen molar-refractivity contribution < 1.29 is 4.42 Å². The molecule has 0 radical (unpaired) electrons. The van der Waals surface area contributed by atoms with Gasteiger partial charge in [0.25, 0.3) is 0 Å². The number of rotatable bonds is 6. The summed E-state index contributed by atoms with van der Waals surface area (Å²) >= 11 is 0. The molecule has 2 nitrogen and oxygen atoms in total. The van der Waals surface area contributed by atoms with Gasteiger partial charge in [-0.05, 0) is 114 Å². The van der Waals surface area contributed by atoms with Crippen LogP contribution in [0.1, 0.15) is 47.2 Å². The lowest BCUT2D eigenvalue weighted by Gasteiger charge is -2.35. The van der Waals surface area contributed by atoms with E-state index in [2.05, 4.69) is 243 Å². The van der Waals surface area contributed by atoms with E-state index in [9.17, 15) is 0 Å². The van der Waals surface area contributed by atoms with Gasteiger partial charge in [-0.25, -0.2) is 0 Å². The largest absolute Gasteiger partial charge is 0.456 e. The lowest BCUT2D eigenvalue weighted by Crippen LogP contribution is -2.28. The first-order valence-corrected chi connectivity index (χ1v) is 22.3. The monoisotopic (exact) mass is 817 g/mol. The predicted molar refractivity (Wildman–Crippen MR) is 266 cm³/mol. The van der Waals surface area contributed by atoms with Crippen LogP contribution in [0.4, 0.5) is 17.1 Å². The van der Waals surface area contributed by atoms with E-state index in [1.807, 2.05) is 0 Å². The van der Waals surface area contributed by atoms with Crippen LogP contribution in [0.15, 0.2) is 229 Å². The molecule has 0 spiro atoms. The van der Waals surface area contributed by atoms with Gasteiger partial charge >= 0.3 is 0 Å². The Hall–Kier alpha value is -7.94. The van der Waals surface area contributed by atoms with Crippen LogP contribution in [0, 0.1) is 0 Å². The van der Waals surface area contributed by atoms with E-state index in [1.165, 1.54) is 66.4 Å². The number of fused-ring (bicyclic) bond motifs is 11. The molecule has 2 aliphatic carbocycles. The SMILES string of the molecule is CC1(C)c2ccccc2-c2ccc(N(c3ccc4c(c3)C(c3ccccc3)(c3ccccc3)c3ccccc3-4)c3cc(-c4ccccc4)c4c(c3)oc3ccc5ccccc5c34)cc21. The first kappa shape index (κ1) is 36.7. The topological polar surface area (TPSA) is 16.4 Å². The second-order valence-corrected chi connectivity index (χ2v) is 18.0. The predicted octanol–water partition coefficient (Wildman–Crippen LogP) is 16.5. The molecule has 302 valence electrons. The highest BCUT2D eigenvalue weighted by Gasteiger charge is 2.46. The van der Waals surface area contributed by atoms with Gasteiger partial charge in [0.1, 0.15) is 11.2 Å². The summed E-state index contributed by atoms with van der Waals surface area (Å²) in [7, 11) is 0.